The lowest BCUT2D eigenvalue weighted by atomic mass is 10.3. The van der Waals surface area contributed by atoms with Crippen LogP contribution in [0.25, 0.3) is 0 Å². The monoisotopic (exact) mass is 226 g/mol. The van der Waals surface area contributed by atoms with Crippen LogP contribution >= 0.6 is 0 Å². The van der Waals surface area contributed by atoms with E-state index in [4.69, 9.17) is 15.4 Å². The lowest BCUT2D eigenvalue weighted by molar-refractivity contribution is -0.123. The summed E-state index contributed by atoms with van der Waals surface area (Å²) in [6, 6.07) is -1.08. The van der Waals surface area contributed by atoms with Gasteiger partial charge in [-0.25, -0.2) is 0 Å². The first-order valence-corrected chi connectivity index (χ1v) is 5.39. The lowest BCUT2D eigenvalue weighted by Gasteiger charge is -2.12. The van der Waals surface area contributed by atoms with Crippen LogP contribution in [0.2, 0.25) is 0 Å². The molecular formula is C6H14N2O5S. The van der Waals surface area contributed by atoms with Crippen molar-refractivity contribution in [2.24, 2.45) is 5.73 Å². The van der Waals surface area contributed by atoms with Gasteiger partial charge < -0.3 is 16.2 Å². The van der Waals surface area contributed by atoms with Gasteiger partial charge in [0.05, 0.1) is 6.61 Å². The van der Waals surface area contributed by atoms with Crippen molar-refractivity contribution in [2.45, 2.75) is 18.2 Å². The topological polar surface area (TPSA) is 130 Å². The molecule has 0 saturated heterocycles. The van der Waals surface area contributed by atoms with E-state index in [9.17, 15) is 13.2 Å². The third kappa shape index (κ3) is 4.51. The third-order valence-corrected chi connectivity index (χ3v) is 2.79. The zero-order valence-corrected chi connectivity index (χ0v) is 8.49. The normalized spacial score (nSPS) is 16.0. The lowest BCUT2D eigenvalue weighted by Crippen LogP contribution is -2.45. The second kappa shape index (κ2) is 5.25. The van der Waals surface area contributed by atoms with Crippen LogP contribution in [0.15, 0.2) is 0 Å². The van der Waals surface area contributed by atoms with Crippen LogP contribution in [0.4, 0.5) is 0 Å². The van der Waals surface area contributed by atoms with Crippen LogP contribution in [-0.4, -0.2) is 48.4 Å². The molecule has 2 atom stereocenters. The van der Waals surface area contributed by atoms with Crippen LogP contribution in [0, 0.1) is 0 Å². The van der Waals surface area contributed by atoms with E-state index in [1.165, 1.54) is 6.92 Å². The summed E-state index contributed by atoms with van der Waals surface area (Å²) in [5.74, 6) is -0.664. The van der Waals surface area contributed by atoms with Crippen LogP contribution in [0.5, 0.6) is 0 Å². The first-order valence-electron chi connectivity index (χ1n) is 3.89. The van der Waals surface area contributed by atoms with E-state index in [0.29, 0.717) is 0 Å². The zero-order chi connectivity index (χ0) is 11.4. The van der Waals surface area contributed by atoms with E-state index in [1.54, 1.807) is 0 Å². The first-order chi connectivity index (χ1) is 6.29. The number of carbonyl (C=O) groups is 1. The minimum atomic E-state index is -4.15. The largest absolute Gasteiger partial charge is 0.394 e. The first kappa shape index (κ1) is 13.3. The Kier molecular flexibility index (Phi) is 4.99. The van der Waals surface area contributed by atoms with Crippen LogP contribution in [0.3, 0.4) is 0 Å². The van der Waals surface area contributed by atoms with E-state index in [0.717, 1.165) is 0 Å². The highest BCUT2D eigenvalue weighted by Crippen LogP contribution is 1.94. The minimum absolute atomic E-state index is 0.245. The molecular weight excluding hydrogens is 212 g/mol. The average Bonchev–Trinajstić information content (AvgIpc) is 2.10. The second-order valence-corrected chi connectivity index (χ2v) is 4.69. The standard InChI is InChI=1S/C6H14N2O5S/c1-4(14(11,12)13)2-8-6(10)5(7)3-9/h4-5,9H,2-3,7H2,1H3,(H,8,10)(H,11,12,13)/t4?,5-/m0/s1. The van der Waals surface area contributed by atoms with Crippen molar-refractivity contribution in [3.05, 3.63) is 0 Å². The molecule has 0 aromatic heterocycles. The minimum Gasteiger partial charge on any atom is -0.394 e. The molecule has 1 amide bonds. The van der Waals surface area contributed by atoms with E-state index in [-0.39, 0.29) is 6.54 Å². The summed E-state index contributed by atoms with van der Waals surface area (Å²) in [6.45, 7) is 0.470. The van der Waals surface area contributed by atoms with Crippen molar-refractivity contribution in [1.82, 2.24) is 5.32 Å². The van der Waals surface area contributed by atoms with Crippen LogP contribution in [0.1, 0.15) is 6.92 Å². The number of carbonyl (C=O) groups excluding carboxylic acids is 1. The summed E-state index contributed by atoms with van der Waals surface area (Å²) < 4.78 is 29.5. The summed E-state index contributed by atoms with van der Waals surface area (Å²) in [4.78, 5) is 10.9. The van der Waals surface area contributed by atoms with Crippen molar-refractivity contribution in [3.63, 3.8) is 0 Å². The molecule has 0 fully saturated rings. The molecule has 0 radical (unpaired) electrons. The molecule has 0 aliphatic rings. The summed E-state index contributed by atoms with van der Waals surface area (Å²) in [6.07, 6.45) is 0. The number of aliphatic hydroxyl groups excluding tert-OH is 1. The predicted octanol–water partition coefficient (Wildman–Crippen LogP) is -2.30. The van der Waals surface area contributed by atoms with Gasteiger partial charge in [-0.1, -0.05) is 0 Å². The molecule has 0 rings (SSSR count). The Labute approximate surface area is 82.0 Å². The number of nitrogens with two attached hydrogens (primary N) is 1. The maximum absolute atomic E-state index is 10.9. The molecule has 0 aromatic rings. The molecule has 0 spiro atoms. The number of hydrogen-bond donors (Lipinski definition) is 4. The zero-order valence-electron chi connectivity index (χ0n) is 7.67. The Bertz CT molecular complexity index is 289. The van der Waals surface area contributed by atoms with E-state index in [1.807, 2.05) is 0 Å². The summed E-state index contributed by atoms with van der Waals surface area (Å²) in [7, 11) is -4.15. The number of hydrogen-bond acceptors (Lipinski definition) is 5. The highest BCUT2D eigenvalue weighted by molar-refractivity contribution is 7.86. The fraction of sp³-hybridized carbons (Fsp3) is 0.833. The SMILES string of the molecule is CC(CNC(=O)[C@@H](N)CO)S(=O)(=O)O. The average molecular weight is 226 g/mol. The van der Waals surface area contributed by atoms with Gasteiger partial charge in [0.25, 0.3) is 10.1 Å². The van der Waals surface area contributed by atoms with Crippen LogP contribution in [-0.2, 0) is 14.9 Å². The smallest absolute Gasteiger partial charge is 0.269 e. The van der Waals surface area contributed by atoms with Gasteiger partial charge in [0.15, 0.2) is 0 Å². The van der Waals surface area contributed by atoms with E-state index in [2.05, 4.69) is 5.32 Å². The molecule has 8 heteroatoms. The van der Waals surface area contributed by atoms with Gasteiger partial charge >= 0.3 is 0 Å². The fourth-order valence-corrected chi connectivity index (χ4v) is 0.858. The van der Waals surface area contributed by atoms with Crippen molar-refractivity contribution >= 4 is 16.0 Å². The van der Waals surface area contributed by atoms with E-state index >= 15 is 0 Å². The molecule has 0 heterocycles. The Morgan fingerprint density at radius 2 is 2.07 bits per heavy atom. The Balaban J connectivity index is 4.02. The maximum Gasteiger partial charge on any atom is 0.269 e. The van der Waals surface area contributed by atoms with Crippen molar-refractivity contribution in [1.29, 1.82) is 0 Å². The second-order valence-electron chi connectivity index (χ2n) is 2.86. The molecule has 84 valence electrons. The van der Waals surface area contributed by atoms with Crippen molar-refractivity contribution in [3.8, 4) is 0 Å². The van der Waals surface area contributed by atoms with Gasteiger partial charge in [-0.15, -0.1) is 0 Å². The Morgan fingerprint density at radius 1 is 1.57 bits per heavy atom. The molecule has 14 heavy (non-hydrogen) atoms. The third-order valence-electron chi connectivity index (χ3n) is 1.61. The van der Waals surface area contributed by atoms with Crippen molar-refractivity contribution < 1.29 is 22.9 Å². The summed E-state index contributed by atoms with van der Waals surface area (Å²) in [5.41, 5.74) is 5.14. The molecule has 0 aromatic carbocycles. The molecule has 0 bridgehead atoms. The van der Waals surface area contributed by atoms with Gasteiger partial charge in [0.2, 0.25) is 5.91 Å². The van der Waals surface area contributed by atoms with E-state index < -0.39 is 33.9 Å². The number of rotatable bonds is 5. The molecule has 0 aliphatic heterocycles. The summed E-state index contributed by atoms with van der Waals surface area (Å²) in [5, 5.41) is 9.55. The van der Waals surface area contributed by atoms with Gasteiger partial charge in [-0.05, 0) is 6.92 Å². The number of amides is 1. The van der Waals surface area contributed by atoms with Gasteiger partial charge in [0, 0.05) is 6.54 Å². The predicted molar refractivity (Wildman–Crippen MR) is 49.1 cm³/mol. The molecule has 1 unspecified atom stereocenters. The van der Waals surface area contributed by atoms with Gasteiger partial charge in [-0.2, -0.15) is 8.42 Å². The van der Waals surface area contributed by atoms with Crippen LogP contribution < -0.4 is 11.1 Å². The maximum atomic E-state index is 10.9. The highest BCUT2D eigenvalue weighted by Gasteiger charge is 2.19. The van der Waals surface area contributed by atoms with Gasteiger partial charge in [-0.3, -0.25) is 9.35 Å². The summed E-state index contributed by atoms with van der Waals surface area (Å²) >= 11 is 0. The highest BCUT2D eigenvalue weighted by atomic mass is 32.2. The Hall–Kier alpha value is -0.700. The molecule has 0 aliphatic carbocycles. The molecule has 5 N–H and O–H groups in total. The van der Waals surface area contributed by atoms with Gasteiger partial charge in [0.1, 0.15) is 11.3 Å². The fourth-order valence-electron chi connectivity index (χ4n) is 0.564. The quantitative estimate of drug-likeness (QED) is 0.390. The number of aliphatic hydroxyl groups is 1. The molecule has 0 saturated carbocycles. The molecule has 7 nitrogen and oxygen atoms in total. The number of nitrogens with one attached hydrogen (secondary N) is 1. The Morgan fingerprint density at radius 3 is 2.43 bits per heavy atom. The van der Waals surface area contributed by atoms with Crippen molar-refractivity contribution in [2.75, 3.05) is 13.2 Å².